The van der Waals surface area contributed by atoms with Crippen LogP contribution < -0.4 is 4.72 Å². The number of sulfonamides is 1. The maximum absolute atomic E-state index is 13.0. The van der Waals surface area contributed by atoms with Crippen molar-refractivity contribution in [1.82, 2.24) is 9.62 Å². The molecule has 0 bridgehead atoms. The summed E-state index contributed by atoms with van der Waals surface area (Å²) in [6.45, 7) is 0.896. The Morgan fingerprint density at radius 1 is 1.04 bits per heavy atom. The van der Waals surface area contributed by atoms with Gasteiger partial charge in [-0.3, -0.25) is 4.79 Å². The number of halogens is 2. The predicted octanol–water partition coefficient (Wildman–Crippen LogP) is 3.17. The molecular formula is C18H18BrFN2O3S. The van der Waals surface area contributed by atoms with Crippen LogP contribution in [0.5, 0.6) is 0 Å². The van der Waals surface area contributed by atoms with E-state index in [9.17, 15) is 17.6 Å². The zero-order valence-electron chi connectivity index (χ0n) is 13.9. The van der Waals surface area contributed by atoms with E-state index in [1.165, 1.54) is 24.3 Å². The monoisotopic (exact) mass is 440 g/mol. The fourth-order valence-electron chi connectivity index (χ4n) is 2.88. The fourth-order valence-corrected chi connectivity index (χ4v) is 4.45. The molecule has 26 heavy (non-hydrogen) atoms. The van der Waals surface area contributed by atoms with E-state index in [1.807, 2.05) is 0 Å². The van der Waals surface area contributed by atoms with E-state index >= 15 is 0 Å². The molecule has 0 spiro atoms. The lowest BCUT2D eigenvalue weighted by Gasteiger charge is -2.32. The molecule has 0 aliphatic carbocycles. The maximum atomic E-state index is 13.0. The van der Waals surface area contributed by atoms with E-state index in [1.54, 1.807) is 29.2 Å². The number of likely N-dealkylation sites (tertiary alicyclic amines) is 1. The zero-order valence-corrected chi connectivity index (χ0v) is 16.3. The summed E-state index contributed by atoms with van der Waals surface area (Å²) in [6.07, 6.45) is 1.06. The second-order valence-corrected chi connectivity index (χ2v) is 8.78. The SMILES string of the molecule is O=C(c1ccc(F)cc1)N1CCC(NS(=O)(=O)c2ccc(Br)cc2)CC1. The Hall–Kier alpha value is -1.77. The van der Waals surface area contributed by atoms with Gasteiger partial charge in [0.25, 0.3) is 5.91 Å². The van der Waals surface area contributed by atoms with Crippen LogP contribution in [0.2, 0.25) is 0 Å². The van der Waals surface area contributed by atoms with Crippen LogP contribution in [0.1, 0.15) is 23.2 Å². The van der Waals surface area contributed by atoms with E-state index in [4.69, 9.17) is 0 Å². The van der Waals surface area contributed by atoms with Crippen molar-refractivity contribution in [2.75, 3.05) is 13.1 Å². The summed E-state index contributed by atoms with van der Waals surface area (Å²) in [5, 5.41) is 0. The predicted molar refractivity (Wildman–Crippen MR) is 99.8 cm³/mol. The Morgan fingerprint density at radius 2 is 1.62 bits per heavy atom. The second-order valence-electron chi connectivity index (χ2n) is 6.15. The lowest BCUT2D eigenvalue weighted by molar-refractivity contribution is 0.0711. The molecule has 0 radical (unpaired) electrons. The normalized spacial score (nSPS) is 15.8. The van der Waals surface area contributed by atoms with Gasteiger partial charge in [-0.2, -0.15) is 0 Å². The molecule has 5 nitrogen and oxygen atoms in total. The number of hydrogen-bond acceptors (Lipinski definition) is 3. The van der Waals surface area contributed by atoms with Crippen molar-refractivity contribution in [3.8, 4) is 0 Å². The highest BCUT2D eigenvalue weighted by Gasteiger charge is 2.27. The lowest BCUT2D eigenvalue weighted by atomic mass is 10.0. The number of nitrogens with zero attached hydrogens (tertiary/aromatic N) is 1. The summed E-state index contributed by atoms with van der Waals surface area (Å²) in [7, 11) is -3.59. The molecule has 0 unspecified atom stereocenters. The summed E-state index contributed by atoms with van der Waals surface area (Å²) >= 11 is 3.28. The molecule has 1 fully saturated rings. The number of nitrogens with one attached hydrogen (secondary N) is 1. The molecule has 3 rings (SSSR count). The van der Waals surface area contributed by atoms with Crippen LogP contribution >= 0.6 is 15.9 Å². The van der Waals surface area contributed by atoms with E-state index < -0.39 is 10.0 Å². The number of hydrogen-bond donors (Lipinski definition) is 1. The lowest BCUT2D eigenvalue weighted by Crippen LogP contribution is -2.46. The van der Waals surface area contributed by atoms with E-state index in [2.05, 4.69) is 20.7 Å². The molecule has 2 aromatic carbocycles. The number of rotatable bonds is 4. The smallest absolute Gasteiger partial charge is 0.253 e. The van der Waals surface area contributed by atoms with Crippen molar-refractivity contribution >= 4 is 31.9 Å². The third-order valence-electron chi connectivity index (χ3n) is 4.32. The Bertz CT molecular complexity index is 878. The van der Waals surface area contributed by atoms with Crippen LogP contribution in [0.4, 0.5) is 4.39 Å². The standard InChI is InChI=1S/C18H18BrFN2O3S/c19-14-3-7-17(8-4-14)26(24,25)21-16-9-11-22(12-10-16)18(23)13-1-5-15(20)6-2-13/h1-8,16,21H,9-12H2. The van der Waals surface area contributed by atoms with Crippen LogP contribution in [0, 0.1) is 5.82 Å². The molecule has 1 aliphatic rings. The zero-order chi connectivity index (χ0) is 18.7. The summed E-state index contributed by atoms with van der Waals surface area (Å²) in [6, 6.07) is 11.6. The number of benzene rings is 2. The first kappa shape index (κ1) is 19.0. The first-order valence-electron chi connectivity index (χ1n) is 8.18. The van der Waals surface area contributed by atoms with Gasteiger partial charge in [0.2, 0.25) is 10.0 Å². The van der Waals surface area contributed by atoms with Crippen molar-refractivity contribution in [1.29, 1.82) is 0 Å². The topological polar surface area (TPSA) is 66.5 Å². The van der Waals surface area contributed by atoms with Crippen molar-refractivity contribution in [3.63, 3.8) is 0 Å². The minimum atomic E-state index is -3.59. The van der Waals surface area contributed by atoms with E-state index in [-0.39, 0.29) is 22.7 Å². The van der Waals surface area contributed by atoms with Gasteiger partial charge in [0.15, 0.2) is 0 Å². The van der Waals surface area contributed by atoms with Gasteiger partial charge in [0, 0.05) is 29.2 Å². The molecule has 1 aliphatic heterocycles. The van der Waals surface area contributed by atoms with Crippen LogP contribution in [-0.2, 0) is 10.0 Å². The highest BCUT2D eigenvalue weighted by molar-refractivity contribution is 9.10. The van der Waals surface area contributed by atoms with Crippen molar-refractivity contribution in [2.45, 2.75) is 23.8 Å². The van der Waals surface area contributed by atoms with Gasteiger partial charge in [-0.05, 0) is 61.4 Å². The van der Waals surface area contributed by atoms with Crippen molar-refractivity contribution in [2.24, 2.45) is 0 Å². The molecule has 8 heteroatoms. The molecule has 1 saturated heterocycles. The average Bonchev–Trinajstić information content (AvgIpc) is 2.62. The third-order valence-corrected chi connectivity index (χ3v) is 6.38. The third kappa shape index (κ3) is 4.49. The van der Waals surface area contributed by atoms with Gasteiger partial charge in [-0.25, -0.2) is 17.5 Å². The average molecular weight is 441 g/mol. The van der Waals surface area contributed by atoms with Crippen LogP contribution in [0.3, 0.4) is 0 Å². The summed E-state index contributed by atoms with van der Waals surface area (Å²) in [5.41, 5.74) is 0.431. The van der Waals surface area contributed by atoms with Gasteiger partial charge >= 0.3 is 0 Å². The molecular weight excluding hydrogens is 423 g/mol. The van der Waals surface area contributed by atoms with Crippen LogP contribution in [0.15, 0.2) is 57.9 Å². The first-order valence-corrected chi connectivity index (χ1v) is 10.5. The summed E-state index contributed by atoms with van der Waals surface area (Å²) in [4.78, 5) is 14.3. The highest BCUT2D eigenvalue weighted by Crippen LogP contribution is 2.19. The molecule has 1 amide bonds. The molecule has 0 aromatic heterocycles. The summed E-state index contributed by atoms with van der Waals surface area (Å²) < 4.78 is 41.4. The van der Waals surface area contributed by atoms with Gasteiger partial charge in [0.05, 0.1) is 4.90 Å². The minimum absolute atomic E-state index is 0.167. The number of amides is 1. The largest absolute Gasteiger partial charge is 0.339 e. The number of carbonyl (C=O) groups excluding carboxylic acids is 1. The van der Waals surface area contributed by atoms with E-state index in [0.29, 0.717) is 31.5 Å². The molecule has 0 saturated carbocycles. The maximum Gasteiger partial charge on any atom is 0.253 e. The second kappa shape index (κ2) is 7.85. The van der Waals surface area contributed by atoms with Crippen LogP contribution in [0.25, 0.3) is 0 Å². The molecule has 138 valence electrons. The first-order chi connectivity index (χ1) is 12.3. The Balaban J connectivity index is 1.59. The highest BCUT2D eigenvalue weighted by atomic mass is 79.9. The Labute approximate surface area is 160 Å². The Kier molecular flexibility index (Phi) is 5.74. The van der Waals surface area contributed by atoms with Gasteiger partial charge in [-0.1, -0.05) is 15.9 Å². The minimum Gasteiger partial charge on any atom is -0.339 e. The molecule has 2 aromatic rings. The van der Waals surface area contributed by atoms with Gasteiger partial charge < -0.3 is 4.90 Å². The fraction of sp³-hybridized carbons (Fsp3) is 0.278. The molecule has 1 N–H and O–H groups in total. The molecule has 0 atom stereocenters. The number of carbonyl (C=O) groups is 1. The Morgan fingerprint density at radius 3 is 2.19 bits per heavy atom. The number of piperidine rings is 1. The van der Waals surface area contributed by atoms with Crippen LogP contribution in [-0.4, -0.2) is 38.4 Å². The van der Waals surface area contributed by atoms with Gasteiger partial charge in [0.1, 0.15) is 5.82 Å². The van der Waals surface area contributed by atoms with Crippen molar-refractivity contribution < 1.29 is 17.6 Å². The molecule has 1 heterocycles. The van der Waals surface area contributed by atoms with Gasteiger partial charge in [-0.15, -0.1) is 0 Å². The quantitative estimate of drug-likeness (QED) is 0.793. The summed E-state index contributed by atoms with van der Waals surface area (Å²) in [5.74, 6) is -0.554. The van der Waals surface area contributed by atoms with Crippen molar-refractivity contribution in [3.05, 3.63) is 64.4 Å². The van der Waals surface area contributed by atoms with E-state index in [0.717, 1.165) is 4.47 Å².